The van der Waals surface area contributed by atoms with Crippen molar-refractivity contribution in [3.8, 4) is 0 Å². The Hall–Kier alpha value is -0.520. The van der Waals surface area contributed by atoms with E-state index in [0.717, 1.165) is 31.9 Å². The van der Waals surface area contributed by atoms with Gasteiger partial charge in [0.05, 0.1) is 24.5 Å². The second-order valence-electron chi connectivity index (χ2n) is 3.78. The predicted molar refractivity (Wildman–Crippen MR) is 61.8 cm³/mol. The summed E-state index contributed by atoms with van der Waals surface area (Å²) in [5, 5.41) is 13.3. The Bertz CT molecular complexity index is 326. The van der Waals surface area contributed by atoms with Crippen LogP contribution in [0.15, 0.2) is 6.07 Å². The van der Waals surface area contributed by atoms with Crippen LogP contribution in [-0.4, -0.2) is 44.9 Å². The van der Waals surface area contributed by atoms with Crippen LogP contribution in [0, 0.1) is 0 Å². The second kappa shape index (κ2) is 5.01. The van der Waals surface area contributed by atoms with E-state index in [4.69, 9.17) is 5.11 Å². The van der Waals surface area contributed by atoms with E-state index < -0.39 is 0 Å². The third-order valence-corrected chi connectivity index (χ3v) is 3.29. The fourth-order valence-corrected chi connectivity index (χ4v) is 2.31. The van der Waals surface area contributed by atoms with Gasteiger partial charge < -0.3 is 5.11 Å². The number of aliphatic hydroxyl groups excluding tert-OH is 1. The lowest BCUT2D eigenvalue weighted by Gasteiger charge is -2.27. The molecule has 0 unspecified atom stereocenters. The topological polar surface area (TPSA) is 41.3 Å². The van der Waals surface area contributed by atoms with Crippen LogP contribution in [0.25, 0.3) is 0 Å². The van der Waals surface area contributed by atoms with Crippen molar-refractivity contribution in [3.05, 3.63) is 17.5 Å². The molecule has 0 aromatic carbocycles. The standard InChI is InChI=1S/C10H17N3OS/c1-15-5-4-12-2-3-13-10(7-12)6-9(8-14)11-13/h6,14H,2-5,7-8H2,1H3. The number of aliphatic hydroxyl groups is 1. The summed E-state index contributed by atoms with van der Waals surface area (Å²) < 4.78 is 2.02. The molecule has 0 saturated heterocycles. The molecular weight excluding hydrogens is 210 g/mol. The number of hydrogen-bond acceptors (Lipinski definition) is 4. The number of hydrogen-bond donors (Lipinski definition) is 1. The fourth-order valence-electron chi connectivity index (χ4n) is 1.87. The van der Waals surface area contributed by atoms with Crippen LogP contribution in [0.5, 0.6) is 0 Å². The van der Waals surface area contributed by atoms with Gasteiger partial charge in [-0.3, -0.25) is 9.58 Å². The Balaban J connectivity index is 1.99. The van der Waals surface area contributed by atoms with Gasteiger partial charge in [-0.05, 0) is 12.3 Å². The summed E-state index contributed by atoms with van der Waals surface area (Å²) in [5.74, 6) is 1.18. The molecule has 5 heteroatoms. The van der Waals surface area contributed by atoms with Gasteiger partial charge in [0.1, 0.15) is 0 Å². The average Bonchev–Trinajstić information content (AvgIpc) is 2.68. The minimum Gasteiger partial charge on any atom is -0.390 e. The van der Waals surface area contributed by atoms with Gasteiger partial charge in [0.15, 0.2) is 0 Å². The highest BCUT2D eigenvalue weighted by molar-refractivity contribution is 7.98. The van der Waals surface area contributed by atoms with E-state index in [1.165, 1.54) is 11.4 Å². The molecule has 0 radical (unpaired) electrons. The van der Waals surface area contributed by atoms with Crippen molar-refractivity contribution in [1.29, 1.82) is 0 Å². The SMILES string of the molecule is CSCCN1CCn2nc(CO)cc2C1. The monoisotopic (exact) mass is 227 g/mol. The zero-order valence-electron chi connectivity index (χ0n) is 9.02. The Morgan fingerprint density at radius 1 is 1.53 bits per heavy atom. The minimum atomic E-state index is 0.0464. The molecule has 84 valence electrons. The summed E-state index contributed by atoms with van der Waals surface area (Å²) in [4.78, 5) is 2.44. The average molecular weight is 227 g/mol. The quantitative estimate of drug-likeness (QED) is 0.816. The van der Waals surface area contributed by atoms with Crippen LogP contribution < -0.4 is 0 Å². The van der Waals surface area contributed by atoms with Gasteiger partial charge in [-0.25, -0.2) is 0 Å². The molecule has 1 aliphatic rings. The van der Waals surface area contributed by atoms with Crippen molar-refractivity contribution >= 4 is 11.8 Å². The molecule has 0 aliphatic carbocycles. The lowest BCUT2D eigenvalue weighted by atomic mass is 10.3. The minimum absolute atomic E-state index is 0.0464. The van der Waals surface area contributed by atoms with Crippen molar-refractivity contribution in [2.75, 3.05) is 25.1 Å². The third-order valence-electron chi connectivity index (χ3n) is 2.70. The summed E-state index contributed by atoms with van der Waals surface area (Å²) in [5.41, 5.74) is 2.02. The maximum Gasteiger partial charge on any atom is 0.0882 e. The molecule has 4 nitrogen and oxygen atoms in total. The lowest BCUT2D eigenvalue weighted by Crippen LogP contribution is -2.35. The third kappa shape index (κ3) is 2.53. The van der Waals surface area contributed by atoms with Gasteiger partial charge >= 0.3 is 0 Å². The lowest BCUT2D eigenvalue weighted by molar-refractivity contribution is 0.224. The maximum atomic E-state index is 9.00. The Morgan fingerprint density at radius 2 is 2.40 bits per heavy atom. The zero-order valence-corrected chi connectivity index (χ0v) is 9.83. The number of thioether (sulfide) groups is 1. The molecule has 0 amide bonds. The van der Waals surface area contributed by atoms with Crippen molar-refractivity contribution in [2.24, 2.45) is 0 Å². The Labute approximate surface area is 94.3 Å². The first-order valence-electron chi connectivity index (χ1n) is 5.21. The van der Waals surface area contributed by atoms with E-state index in [-0.39, 0.29) is 6.61 Å². The number of rotatable bonds is 4. The van der Waals surface area contributed by atoms with Gasteiger partial charge in [0.25, 0.3) is 0 Å². The molecule has 15 heavy (non-hydrogen) atoms. The van der Waals surface area contributed by atoms with Gasteiger partial charge in [0.2, 0.25) is 0 Å². The molecule has 0 saturated carbocycles. The maximum absolute atomic E-state index is 9.00. The van der Waals surface area contributed by atoms with Crippen LogP contribution in [0.4, 0.5) is 0 Å². The van der Waals surface area contributed by atoms with Crippen LogP contribution >= 0.6 is 11.8 Å². The first-order valence-corrected chi connectivity index (χ1v) is 6.60. The number of aromatic nitrogens is 2. The van der Waals surface area contributed by atoms with Gasteiger partial charge in [-0.1, -0.05) is 0 Å². The summed E-state index contributed by atoms with van der Waals surface area (Å²) >= 11 is 1.88. The highest BCUT2D eigenvalue weighted by Crippen LogP contribution is 2.13. The molecular formula is C10H17N3OS. The summed E-state index contributed by atoms with van der Waals surface area (Å²) in [6.45, 7) is 4.17. The first kappa shape index (κ1) is 11.0. The van der Waals surface area contributed by atoms with Crippen molar-refractivity contribution < 1.29 is 5.11 Å². The van der Waals surface area contributed by atoms with E-state index >= 15 is 0 Å². The zero-order chi connectivity index (χ0) is 10.7. The smallest absolute Gasteiger partial charge is 0.0882 e. The summed E-state index contributed by atoms with van der Waals surface area (Å²) in [7, 11) is 0. The molecule has 1 aromatic rings. The molecule has 0 spiro atoms. The summed E-state index contributed by atoms with van der Waals surface area (Å²) in [6, 6.07) is 2.01. The Morgan fingerprint density at radius 3 is 3.13 bits per heavy atom. The van der Waals surface area contributed by atoms with Crippen LogP contribution in [0.3, 0.4) is 0 Å². The number of nitrogens with zero attached hydrogens (tertiary/aromatic N) is 3. The van der Waals surface area contributed by atoms with Crippen molar-refractivity contribution in [3.63, 3.8) is 0 Å². The van der Waals surface area contributed by atoms with Gasteiger partial charge in [-0.15, -0.1) is 0 Å². The normalized spacial score (nSPS) is 16.7. The highest BCUT2D eigenvalue weighted by atomic mass is 32.2. The van der Waals surface area contributed by atoms with Crippen molar-refractivity contribution in [2.45, 2.75) is 19.7 Å². The highest BCUT2D eigenvalue weighted by Gasteiger charge is 2.17. The largest absolute Gasteiger partial charge is 0.390 e. The summed E-state index contributed by atoms with van der Waals surface area (Å²) in [6.07, 6.45) is 2.14. The first-order chi connectivity index (χ1) is 7.33. The molecule has 2 heterocycles. The van der Waals surface area contributed by atoms with E-state index in [1.54, 1.807) is 0 Å². The fraction of sp³-hybridized carbons (Fsp3) is 0.700. The second-order valence-corrected chi connectivity index (χ2v) is 4.76. The molecule has 1 aliphatic heterocycles. The molecule has 0 atom stereocenters. The van der Waals surface area contributed by atoms with E-state index in [0.29, 0.717) is 0 Å². The van der Waals surface area contributed by atoms with Gasteiger partial charge in [0, 0.05) is 25.4 Å². The molecule has 0 bridgehead atoms. The number of fused-ring (bicyclic) bond motifs is 1. The van der Waals surface area contributed by atoms with Crippen LogP contribution in [-0.2, 0) is 19.7 Å². The van der Waals surface area contributed by atoms with E-state index in [9.17, 15) is 0 Å². The van der Waals surface area contributed by atoms with Crippen LogP contribution in [0.2, 0.25) is 0 Å². The van der Waals surface area contributed by atoms with Crippen molar-refractivity contribution in [1.82, 2.24) is 14.7 Å². The molecule has 0 fully saturated rings. The molecule has 2 rings (SSSR count). The Kier molecular flexibility index (Phi) is 3.66. The van der Waals surface area contributed by atoms with Gasteiger partial charge in [-0.2, -0.15) is 16.9 Å². The van der Waals surface area contributed by atoms with E-state index in [2.05, 4.69) is 16.3 Å². The van der Waals surface area contributed by atoms with E-state index in [1.807, 2.05) is 22.5 Å². The molecule has 1 aromatic heterocycles. The predicted octanol–water partition coefficient (Wildman–Crippen LogP) is 0.554. The van der Waals surface area contributed by atoms with Crippen LogP contribution in [0.1, 0.15) is 11.4 Å². The molecule has 1 N–H and O–H groups in total.